The molecule has 4 nitrogen and oxygen atoms in total. The van der Waals surface area contributed by atoms with Crippen molar-refractivity contribution in [2.75, 3.05) is 0 Å². The Labute approximate surface area is 112 Å². The van der Waals surface area contributed by atoms with Gasteiger partial charge in [-0.25, -0.2) is 0 Å². The van der Waals surface area contributed by atoms with E-state index >= 15 is 0 Å². The minimum Gasteiger partial charge on any atom is 0 e. The third kappa shape index (κ3) is 29.2. The SMILES string of the molecule is C1CCCC1.C=C/C(C)=N/O.[C-]#[O+].[C-]#[O+].[W]. The van der Waals surface area contributed by atoms with Crippen molar-refractivity contribution >= 4 is 5.71 Å². The van der Waals surface area contributed by atoms with Gasteiger partial charge < -0.3 is 5.21 Å². The van der Waals surface area contributed by atoms with Gasteiger partial charge in [-0.3, -0.25) is 0 Å². The summed E-state index contributed by atoms with van der Waals surface area (Å²) in [5.41, 5.74) is 0.537. The summed E-state index contributed by atoms with van der Waals surface area (Å²) in [5, 5.41) is 10.7. The van der Waals surface area contributed by atoms with Crippen LogP contribution in [0, 0.1) is 13.3 Å². The average molecular weight is 395 g/mol. The van der Waals surface area contributed by atoms with E-state index in [0.29, 0.717) is 5.71 Å². The molecule has 0 amide bonds. The fourth-order valence-electron chi connectivity index (χ4n) is 0.925. The van der Waals surface area contributed by atoms with Gasteiger partial charge >= 0.3 is 22.6 Å². The summed E-state index contributed by atoms with van der Waals surface area (Å²) >= 11 is 0. The normalized spacial score (nSPS) is 11.9. The zero-order chi connectivity index (χ0) is 12.5. The van der Waals surface area contributed by atoms with Crippen molar-refractivity contribution in [1.82, 2.24) is 0 Å². The quantitative estimate of drug-likeness (QED) is 0.240. The van der Waals surface area contributed by atoms with Crippen LogP contribution in [0.15, 0.2) is 17.8 Å². The fraction of sp³-hybridized carbons (Fsp3) is 0.545. The van der Waals surface area contributed by atoms with Crippen LogP contribution in [0.1, 0.15) is 39.0 Å². The van der Waals surface area contributed by atoms with Crippen molar-refractivity contribution in [3.63, 3.8) is 0 Å². The first kappa shape index (κ1) is 24.6. The molecule has 1 aliphatic rings. The summed E-state index contributed by atoms with van der Waals surface area (Å²) in [7, 11) is 0. The van der Waals surface area contributed by atoms with Gasteiger partial charge in [-0.05, 0) is 13.0 Å². The van der Waals surface area contributed by atoms with E-state index in [9.17, 15) is 0 Å². The van der Waals surface area contributed by atoms with Crippen molar-refractivity contribution in [3.8, 4) is 0 Å². The average Bonchev–Trinajstić information content (AvgIpc) is 2.92. The molecule has 0 aromatic rings. The number of hydrogen-bond acceptors (Lipinski definition) is 2. The Kier molecular flexibility index (Phi) is 44.9. The Morgan fingerprint density at radius 3 is 1.44 bits per heavy atom. The van der Waals surface area contributed by atoms with Gasteiger partial charge in [0.25, 0.3) is 0 Å². The Balaban J connectivity index is -0.0000000658. The molecule has 0 saturated heterocycles. The van der Waals surface area contributed by atoms with E-state index in [-0.39, 0.29) is 21.1 Å². The molecule has 1 fully saturated rings. The van der Waals surface area contributed by atoms with Gasteiger partial charge in [-0.2, -0.15) is 0 Å². The number of hydrogen-bond donors (Lipinski definition) is 1. The largest absolute Gasteiger partial charge is 0 e. The third-order valence-corrected chi connectivity index (χ3v) is 1.70. The molecular formula is C11H17NO3W. The Bertz CT molecular complexity index is 182. The van der Waals surface area contributed by atoms with Gasteiger partial charge in [0, 0.05) is 21.1 Å². The van der Waals surface area contributed by atoms with Crippen LogP contribution >= 0.6 is 0 Å². The van der Waals surface area contributed by atoms with E-state index in [0.717, 1.165) is 0 Å². The first-order valence-electron chi connectivity index (χ1n) is 4.53. The first-order valence-corrected chi connectivity index (χ1v) is 4.53. The summed E-state index contributed by atoms with van der Waals surface area (Å²) in [6.45, 7) is 14.0. The van der Waals surface area contributed by atoms with Gasteiger partial charge in [0.1, 0.15) is 0 Å². The van der Waals surface area contributed by atoms with E-state index in [2.05, 4.69) is 25.0 Å². The number of nitrogens with zero attached hydrogens (tertiary/aromatic N) is 1. The van der Waals surface area contributed by atoms with Gasteiger partial charge in [0.2, 0.25) is 0 Å². The third-order valence-electron chi connectivity index (χ3n) is 1.70. The molecular weight excluding hydrogens is 378 g/mol. The minimum atomic E-state index is 0. The number of oxime groups is 1. The van der Waals surface area contributed by atoms with Crippen molar-refractivity contribution in [2.24, 2.45) is 5.16 Å². The summed E-state index contributed by atoms with van der Waals surface area (Å²) in [6.07, 6.45) is 8.97. The molecule has 0 heterocycles. The molecule has 1 aliphatic carbocycles. The van der Waals surface area contributed by atoms with E-state index in [1.807, 2.05) is 0 Å². The Hall–Kier alpha value is -0.622. The van der Waals surface area contributed by atoms with Crippen molar-refractivity contribution in [3.05, 3.63) is 26.0 Å². The zero-order valence-corrected chi connectivity index (χ0v) is 12.4. The standard InChI is InChI=1S/C5H10.C4H7NO.2CO.W/c1-2-4-5-3-1;1-3-4(2)5-6;2*1-2;/h1-5H2;3,6H,1H2,2H3;;;/b;5-4+;;;. The molecule has 0 radical (unpaired) electrons. The maximum absolute atomic E-state index is 7.85. The predicted molar refractivity (Wildman–Crippen MR) is 56.0 cm³/mol. The molecule has 0 aliphatic heterocycles. The molecule has 0 atom stereocenters. The Morgan fingerprint density at radius 2 is 1.38 bits per heavy atom. The van der Waals surface area contributed by atoms with Gasteiger partial charge in [0.15, 0.2) is 0 Å². The van der Waals surface area contributed by atoms with Crippen LogP contribution in [0.4, 0.5) is 0 Å². The second-order valence-electron chi connectivity index (χ2n) is 2.71. The van der Waals surface area contributed by atoms with Crippen LogP contribution in [-0.4, -0.2) is 10.9 Å². The molecule has 1 N–H and O–H groups in total. The van der Waals surface area contributed by atoms with Crippen LogP contribution in [0.2, 0.25) is 0 Å². The van der Waals surface area contributed by atoms with Gasteiger partial charge in [-0.15, -0.1) is 0 Å². The van der Waals surface area contributed by atoms with Crippen molar-refractivity contribution in [1.29, 1.82) is 0 Å². The maximum Gasteiger partial charge on any atom is 0 e. The monoisotopic (exact) mass is 395 g/mol. The molecule has 16 heavy (non-hydrogen) atoms. The van der Waals surface area contributed by atoms with E-state index in [1.165, 1.54) is 38.2 Å². The molecule has 0 aromatic heterocycles. The summed E-state index contributed by atoms with van der Waals surface area (Å²) < 4.78 is 15.0. The topological polar surface area (TPSA) is 72.4 Å². The van der Waals surface area contributed by atoms with Crippen LogP contribution < -0.4 is 0 Å². The second-order valence-corrected chi connectivity index (χ2v) is 2.71. The molecule has 0 aromatic carbocycles. The maximum atomic E-state index is 7.85. The predicted octanol–water partition coefficient (Wildman–Crippen LogP) is 2.90. The van der Waals surface area contributed by atoms with Gasteiger partial charge in [0.05, 0.1) is 5.71 Å². The molecule has 0 bridgehead atoms. The molecule has 0 spiro atoms. The number of allylic oxidation sites excluding steroid dienone is 1. The van der Waals surface area contributed by atoms with E-state index in [4.69, 9.17) is 14.5 Å². The first-order chi connectivity index (χ1) is 7.31. The number of rotatable bonds is 1. The summed E-state index contributed by atoms with van der Waals surface area (Å²) in [5.74, 6) is 0. The van der Waals surface area contributed by atoms with Crippen molar-refractivity contribution < 1.29 is 35.6 Å². The van der Waals surface area contributed by atoms with Crippen LogP contribution in [0.5, 0.6) is 0 Å². The van der Waals surface area contributed by atoms with Gasteiger partial charge in [-0.1, -0.05) is 43.8 Å². The Morgan fingerprint density at radius 1 is 1.12 bits per heavy atom. The summed E-state index contributed by atoms with van der Waals surface area (Å²) in [6, 6.07) is 0. The van der Waals surface area contributed by atoms with E-state index in [1.54, 1.807) is 6.92 Å². The van der Waals surface area contributed by atoms with Crippen molar-refractivity contribution in [2.45, 2.75) is 39.0 Å². The minimum absolute atomic E-state index is 0. The smallest absolute Gasteiger partial charge is 0 e. The second kappa shape index (κ2) is 29.3. The van der Waals surface area contributed by atoms with Crippen LogP contribution in [-0.2, 0) is 30.4 Å². The molecule has 1 rings (SSSR count). The van der Waals surface area contributed by atoms with Crippen LogP contribution in [0.25, 0.3) is 0 Å². The molecule has 0 unspecified atom stereocenters. The zero-order valence-electron chi connectivity index (χ0n) is 9.44. The molecule has 1 saturated carbocycles. The molecule has 90 valence electrons. The summed E-state index contributed by atoms with van der Waals surface area (Å²) in [4.78, 5) is 0. The fourth-order valence-corrected chi connectivity index (χ4v) is 0.925. The van der Waals surface area contributed by atoms with Crippen LogP contribution in [0.3, 0.4) is 0 Å². The van der Waals surface area contributed by atoms with E-state index < -0.39 is 0 Å². The molecule has 5 heteroatoms.